The summed E-state index contributed by atoms with van der Waals surface area (Å²) in [4.78, 5) is 38.3. The van der Waals surface area contributed by atoms with Crippen molar-refractivity contribution in [2.75, 3.05) is 26.2 Å². The summed E-state index contributed by atoms with van der Waals surface area (Å²) >= 11 is 0. The Morgan fingerprint density at radius 3 is 2.29 bits per heavy atom. The van der Waals surface area contributed by atoms with Crippen molar-refractivity contribution in [3.05, 3.63) is 0 Å². The van der Waals surface area contributed by atoms with Crippen molar-refractivity contribution >= 4 is 17.8 Å². The highest BCUT2D eigenvalue weighted by Gasteiger charge is 2.32. The van der Waals surface area contributed by atoms with Gasteiger partial charge in [-0.3, -0.25) is 14.4 Å². The zero-order chi connectivity index (χ0) is 15.4. The van der Waals surface area contributed by atoms with E-state index in [1.54, 1.807) is 11.8 Å². The minimum Gasteiger partial charge on any atom is -0.481 e. The Morgan fingerprint density at radius 1 is 1.05 bits per heavy atom. The van der Waals surface area contributed by atoms with Crippen LogP contribution < -0.4 is 0 Å². The largest absolute Gasteiger partial charge is 0.481 e. The summed E-state index contributed by atoms with van der Waals surface area (Å²) in [5, 5.41) is 8.88. The van der Waals surface area contributed by atoms with Gasteiger partial charge in [0, 0.05) is 45.4 Å². The fourth-order valence-corrected chi connectivity index (χ4v) is 3.38. The third-order valence-electron chi connectivity index (χ3n) is 4.58. The van der Waals surface area contributed by atoms with E-state index in [-0.39, 0.29) is 30.1 Å². The highest BCUT2D eigenvalue weighted by molar-refractivity contribution is 5.80. The first-order chi connectivity index (χ1) is 9.97. The lowest BCUT2D eigenvalue weighted by Crippen LogP contribution is -2.47. The summed E-state index contributed by atoms with van der Waals surface area (Å²) < 4.78 is 0. The molecule has 1 atom stereocenters. The second-order valence-electron chi connectivity index (χ2n) is 6.17. The van der Waals surface area contributed by atoms with Crippen molar-refractivity contribution in [3.8, 4) is 0 Å². The zero-order valence-corrected chi connectivity index (χ0v) is 12.6. The van der Waals surface area contributed by atoms with Crippen LogP contribution in [0, 0.1) is 11.8 Å². The highest BCUT2D eigenvalue weighted by atomic mass is 16.4. The summed E-state index contributed by atoms with van der Waals surface area (Å²) in [7, 11) is 0. The Labute approximate surface area is 125 Å². The molecule has 0 aromatic rings. The Kier molecular flexibility index (Phi) is 5.20. The van der Waals surface area contributed by atoms with Gasteiger partial charge in [-0.1, -0.05) is 0 Å². The summed E-state index contributed by atoms with van der Waals surface area (Å²) in [6.07, 6.45) is 3.36. The third kappa shape index (κ3) is 4.19. The molecule has 1 N–H and O–H groups in total. The van der Waals surface area contributed by atoms with Gasteiger partial charge in [-0.25, -0.2) is 0 Å². The predicted molar refractivity (Wildman–Crippen MR) is 76.5 cm³/mol. The quantitative estimate of drug-likeness (QED) is 0.841. The van der Waals surface area contributed by atoms with Gasteiger partial charge in [0.2, 0.25) is 11.8 Å². The molecule has 6 nitrogen and oxygen atoms in total. The minimum atomic E-state index is -0.788. The number of carboxylic acids is 1. The smallest absolute Gasteiger partial charge is 0.303 e. The van der Waals surface area contributed by atoms with Crippen LogP contribution in [0.4, 0.5) is 0 Å². The molecule has 118 valence electrons. The lowest BCUT2D eigenvalue weighted by atomic mass is 9.91. The van der Waals surface area contributed by atoms with Crippen LogP contribution in [0.1, 0.15) is 39.0 Å². The number of rotatable bonds is 3. The topological polar surface area (TPSA) is 77.9 Å². The Balaban J connectivity index is 1.85. The zero-order valence-electron chi connectivity index (χ0n) is 12.6. The molecule has 0 aromatic heterocycles. The molecule has 2 fully saturated rings. The molecule has 2 rings (SSSR count). The van der Waals surface area contributed by atoms with Gasteiger partial charge in [0.15, 0.2) is 0 Å². The summed E-state index contributed by atoms with van der Waals surface area (Å²) in [6, 6.07) is 0. The maximum atomic E-state index is 12.5. The fourth-order valence-electron chi connectivity index (χ4n) is 3.38. The lowest BCUT2D eigenvalue weighted by Gasteiger charge is -2.37. The Morgan fingerprint density at radius 2 is 1.71 bits per heavy atom. The molecular weight excluding hydrogens is 272 g/mol. The average Bonchev–Trinajstić information content (AvgIpc) is 2.46. The third-order valence-corrected chi connectivity index (χ3v) is 4.58. The van der Waals surface area contributed by atoms with Crippen molar-refractivity contribution in [1.29, 1.82) is 0 Å². The second-order valence-corrected chi connectivity index (χ2v) is 6.17. The molecule has 0 bridgehead atoms. The number of piperidine rings is 2. The lowest BCUT2D eigenvalue weighted by molar-refractivity contribution is -0.143. The van der Waals surface area contributed by atoms with Gasteiger partial charge in [-0.15, -0.1) is 0 Å². The number of hydrogen-bond donors (Lipinski definition) is 1. The van der Waals surface area contributed by atoms with Crippen molar-refractivity contribution in [2.45, 2.75) is 39.0 Å². The number of hydrogen-bond acceptors (Lipinski definition) is 3. The van der Waals surface area contributed by atoms with Gasteiger partial charge in [0.05, 0.1) is 0 Å². The monoisotopic (exact) mass is 296 g/mol. The molecule has 2 heterocycles. The van der Waals surface area contributed by atoms with Crippen LogP contribution in [0.15, 0.2) is 0 Å². The number of likely N-dealkylation sites (tertiary alicyclic amines) is 2. The molecular formula is C15H24N2O4. The number of carbonyl (C=O) groups is 3. The Bertz CT molecular complexity index is 416. The molecule has 21 heavy (non-hydrogen) atoms. The maximum Gasteiger partial charge on any atom is 0.303 e. The minimum absolute atomic E-state index is 0.0100. The summed E-state index contributed by atoms with van der Waals surface area (Å²) in [5.41, 5.74) is 0. The van der Waals surface area contributed by atoms with E-state index in [4.69, 9.17) is 5.11 Å². The molecule has 0 saturated carbocycles. The molecule has 2 saturated heterocycles. The standard InChI is InChI=1S/C15H24N2O4/c1-11(18)16-7-4-13(5-8-16)15(21)17-6-2-3-12(10-17)9-14(19)20/h12-13H,2-10H2,1H3,(H,19,20). The Hall–Kier alpha value is -1.59. The SMILES string of the molecule is CC(=O)N1CCC(C(=O)N2CCCC(CC(=O)O)C2)CC1. The van der Waals surface area contributed by atoms with E-state index in [1.807, 2.05) is 4.90 Å². The van der Waals surface area contributed by atoms with E-state index < -0.39 is 5.97 Å². The molecule has 0 aliphatic carbocycles. The predicted octanol–water partition coefficient (Wildman–Crippen LogP) is 0.958. The van der Waals surface area contributed by atoms with Crippen LogP contribution in [-0.4, -0.2) is 58.9 Å². The van der Waals surface area contributed by atoms with Crippen LogP contribution in [0.3, 0.4) is 0 Å². The van der Waals surface area contributed by atoms with Gasteiger partial charge in [-0.2, -0.15) is 0 Å². The molecule has 0 spiro atoms. The van der Waals surface area contributed by atoms with Crippen LogP contribution in [0.5, 0.6) is 0 Å². The number of amides is 2. The number of carbonyl (C=O) groups excluding carboxylic acids is 2. The van der Waals surface area contributed by atoms with Crippen molar-refractivity contribution < 1.29 is 19.5 Å². The van der Waals surface area contributed by atoms with Gasteiger partial charge in [0.1, 0.15) is 0 Å². The second kappa shape index (κ2) is 6.91. The average molecular weight is 296 g/mol. The van der Waals surface area contributed by atoms with Crippen molar-refractivity contribution in [3.63, 3.8) is 0 Å². The molecule has 2 aliphatic rings. The molecule has 6 heteroatoms. The van der Waals surface area contributed by atoms with Crippen LogP contribution >= 0.6 is 0 Å². The first-order valence-corrected chi connectivity index (χ1v) is 7.73. The number of nitrogens with zero attached hydrogens (tertiary/aromatic N) is 2. The van der Waals surface area contributed by atoms with Crippen LogP contribution in [0.25, 0.3) is 0 Å². The van der Waals surface area contributed by atoms with Gasteiger partial charge < -0.3 is 14.9 Å². The van der Waals surface area contributed by atoms with Crippen molar-refractivity contribution in [1.82, 2.24) is 9.80 Å². The van der Waals surface area contributed by atoms with Crippen LogP contribution in [0.2, 0.25) is 0 Å². The summed E-state index contributed by atoms with van der Waals surface area (Å²) in [5.74, 6) is -0.501. The van der Waals surface area contributed by atoms with E-state index in [0.717, 1.165) is 32.2 Å². The van der Waals surface area contributed by atoms with E-state index in [1.165, 1.54) is 0 Å². The molecule has 2 amide bonds. The highest BCUT2D eigenvalue weighted by Crippen LogP contribution is 2.25. The molecule has 2 aliphatic heterocycles. The normalized spacial score (nSPS) is 24.0. The van der Waals surface area contributed by atoms with Gasteiger partial charge in [0.25, 0.3) is 0 Å². The molecule has 0 aromatic carbocycles. The van der Waals surface area contributed by atoms with Crippen LogP contribution in [-0.2, 0) is 14.4 Å². The van der Waals surface area contributed by atoms with Gasteiger partial charge >= 0.3 is 5.97 Å². The fraction of sp³-hybridized carbons (Fsp3) is 0.800. The van der Waals surface area contributed by atoms with Crippen molar-refractivity contribution in [2.24, 2.45) is 11.8 Å². The first-order valence-electron chi connectivity index (χ1n) is 7.73. The molecule has 1 unspecified atom stereocenters. The van der Waals surface area contributed by atoms with E-state index in [0.29, 0.717) is 19.6 Å². The number of aliphatic carboxylic acids is 1. The number of carboxylic acid groups (broad SMARTS) is 1. The van der Waals surface area contributed by atoms with E-state index in [2.05, 4.69) is 0 Å². The first kappa shape index (κ1) is 15.8. The summed E-state index contributed by atoms with van der Waals surface area (Å²) in [6.45, 7) is 4.17. The maximum absolute atomic E-state index is 12.5. The van der Waals surface area contributed by atoms with E-state index >= 15 is 0 Å². The van der Waals surface area contributed by atoms with Gasteiger partial charge in [-0.05, 0) is 31.6 Å². The molecule has 0 radical (unpaired) electrons. The van der Waals surface area contributed by atoms with E-state index in [9.17, 15) is 14.4 Å².